The molecule has 2 N–H and O–H groups in total. The lowest BCUT2D eigenvalue weighted by atomic mass is 9.92. The monoisotopic (exact) mass is 274 g/mol. The van der Waals surface area contributed by atoms with E-state index < -0.39 is 0 Å². The summed E-state index contributed by atoms with van der Waals surface area (Å²) in [5.74, 6) is -0.195. The van der Waals surface area contributed by atoms with Gasteiger partial charge < -0.3 is 10.4 Å². The smallest absolute Gasteiger partial charge is 0.128 e. The lowest BCUT2D eigenvalue weighted by Gasteiger charge is -2.27. The van der Waals surface area contributed by atoms with Gasteiger partial charge in [0.15, 0.2) is 0 Å². The summed E-state index contributed by atoms with van der Waals surface area (Å²) in [4.78, 5) is 4.12. The average molecular weight is 274 g/mol. The van der Waals surface area contributed by atoms with Crippen molar-refractivity contribution in [1.82, 2.24) is 10.3 Å². The molecule has 0 unspecified atom stereocenters. The van der Waals surface area contributed by atoms with E-state index >= 15 is 0 Å². The van der Waals surface area contributed by atoms with Crippen LogP contribution in [0.4, 0.5) is 4.39 Å². The first kappa shape index (κ1) is 13.5. The van der Waals surface area contributed by atoms with E-state index in [2.05, 4.69) is 10.3 Å². The Balaban J connectivity index is 1.97. The highest BCUT2D eigenvalue weighted by Crippen LogP contribution is 2.26. The van der Waals surface area contributed by atoms with Crippen LogP contribution in [0.3, 0.4) is 0 Å². The van der Waals surface area contributed by atoms with Gasteiger partial charge in [0.1, 0.15) is 5.82 Å². The van der Waals surface area contributed by atoms with Gasteiger partial charge in [-0.15, -0.1) is 0 Å². The molecule has 1 aromatic carbocycles. The van der Waals surface area contributed by atoms with Crippen molar-refractivity contribution < 1.29 is 9.50 Å². The molecule has 0 bridgehead atoms. The SMILES string of the molecule is OCCc1cc(F)c(CNC2CCC2)c2ccncc12. The lowest BCUT2D eigenvalue weighted by Crippen LogP contribution is -2.34. The molecule has 3 nitrogen and oxygen atoms in total. The van der Waals surface area contributed by atoms with Crippen molar-refractivity contribution in [3.8, 4) is 0 Å². The highest BCUT2D eigenvalue weighted by molar-refractivity contribution is 5.88. The third kappa shape index (κ3) is 2.53. The van der Waals surface area contributed by atoms with Crippen LogP contribution < -0.4 is 5.32 Å². The molecule has 0 atom stereocenters. The molecule has 3 rings (SSSR count). The third-order valence-electron chi connectivity index (χ3n) is 4.14. The first-order valence-electron chi connectivity index (χ1n) is 7.18. The molecule has 1 saturated carbocycles. The minimum absolute atomic E-state index is 0.0170. The zero-order valence-electron chi connectivity index (χ0n) is 11.4. The number of benzene rings is 1. The molecular formula is C16H19FN2O. The van der Waals surface area contributed by atoms with Crippen molar-refractivity contribution >= 4 is 10.8 Å². The molecule has 1 aliphatic rings. The molecule has 106 valence electrons. The van der Waals surface area contributed by atoms with Gasteiger partial charge in [0.25, 0.3) is 0 Å². The summed E-state index contributed by atoms with van der Waals surface area (Å²) in [5, 5.41) is 14.3. The van der Waals surface area contributed by atoms with Gasteiger partial charge in [0.2, 0.25) is 0 Å². The van der Waals surface area contributed by atoms with E-state index in [4.69, 9.17) is 5.11 Å². The number of aliphatic hydroxyl groups is 1. The van der Waals surface area contributed by atoms with Crippen molar-refractivity contribution in [1.29, 1.82) is 0 Å². The Bertz CT molecular complexity index is 611. The Labute approximate surface area is 117 Å². The Morgan fingerprint density at radius 1 is 1.35 bits per heavy atom. The quantitative estimate of drug-likeness (QED) is 0.880. The zero-order chi connectivity index (χ0) is 13.9. The summed E-state index contributed by atoms with van der Waals surface area (Å²) >= 11 is 0. The van der Waals surface area contributed by atoms with Crippen LogP contribution in [0, 0.1) is 5.82 Å². The Morgan fingerprint density at radius 2 is 2.20 bits per heavy atom. The van der Waals surface area contributed by atoms with Crippen molar-refractivity contribution in [2.75, 3.05) is 6.61 Å². The first-order valence-corrected chi connectivity index (χ1v) is 7.18. The largest absolute Gasteiger partial charge is 0.396 e. The van der Waals surface area contributed by atoms with Crippen LogP contribution in [0.5, 0.6) is 0 Å². The van der Waals surface area contributed by atoms with E-state index in [1.54, 1.807) is 12.4 Å². The van der Waals surface area contributed by atoms with Gasteiger partial charge in [-0.25, -0.2) is 4.39 Å². The van der Waals surface area contributed by atoms with Gasteiger partial charge in [-0.2, -0.15) is 0 Å². The van der Waals surface area contributed by atoms with Crippen LogP contribution in [0.1, 0.15) is 30.4 Å². The summed E-state index contributed by atoms with van der Waals surface area (Å²) in [6, 6.07) is 3.93. The number of rotatable bonds is 5. The molecule has 0 saturated heterocycles. The van der Waals surface area contributed by atoms with Crippen molar-refractivity contribution in [2.24, 2.45) is 0 Å². The molecule has 0 aliphatic heterocycles. The minimum Gasteiger partial charge on any atom is -0.396 e. The Kier molecular flexibility index (Phi) is 3.94. The number of nitrogens with one attached hydrogen (secondary N) is 1. The van der Waals surface area contributed by atoms with Gasteiger partial charge in [0, 0.05) is 42.5 Å². The fraction of sp³-hybridized carbons (Fsp3) is 0.438. The number of aromatic nitrogens is 1. The highest BCUT2D eigenvalue weighted by Gasteiger charge is 2.18. The molecule has 0 spiro atoms. The molecule has 1 aromatic heterocycles. The second kappa shape index (κ2) is 5.85. The van der Waals surface area contributed by atoms with Gasteiger partial charge >= 0.3 is 0 Å². The van der Waals surface area contributed by atoms with Crippen LogP contribution in [0.25, 0.3) is 10.8 Å². The summed E-state index contributed by atoms with van der Waals surface area (Å²) in [5.41, 5.74) is 1.52. The zero-order valence-corrected chi connectivity index (χ0v) is 11.4. The van der Waals surface area contributed by atoms with Gasteiger partial charge in [0.05, 0.1) is 0 Å². The van der Waals surface area contributed by atoms with Crippen LogP contribution >= 0.6 is 0 Å². The van der Waals surface area contributed by atoms with Crippen LogP contribution in [-0.2, 0) is 13.0 Å². The molecule has 4 heteroatoms. The summed E-state index contributed by atoms with van der Waals surface area (Å²) in [6.45, 7) is 0.569. The number of fused-ring (bicyclic) bond motifs is 1. The Morgan fingerprint density at radius 3 is 2.90 bits per heavy atom. The maximum absolute atomic E-state index is 14.3. The predicted molar refractivity (Wildman–Crippen MR) is 77.0 cm³/mol. The molecule has 2 aromatic rings. The maximum Gasteiger partial charge on any atom is 0.128 e. The van der Waals surface area contributed by atoms with Gasteiger partial charge in [-0.05, 0) is 42.3 Å². The summed E-state index contributed by atoms with van der Waals surface area (Å²) in [7, 11) is 0. The second-order valence-electron chi connectivity index (χ2n) is 5.40. The van der Waals surface area contributed by atoms with Crippen molar-refractivity contribution in [3.05, 3.63) is 41.5 Å². The fourth-order valence-corrected chi connectivity index (χ4v) is 2.73. The van der Waals surface area contributed by atoms with Crippen LogP contribution in [0.2, 0.25) is 0 Å². The number of aliphatic hydroxyl groups excluding tert-OH is 1. The van der Waals surface area contributed by atoms with E-state index in [0.29, 0.717) is 24.6 Å². The Hall–Kier alpha value is -1.52. The number of hydrogen-bond acceptors (Lipinski definition) is 3. The van der Waals surface area contributed by atoms with Gasteiger partial charge in [-0.1, -0.05) is 6.42 Å². The number of halogens is 1. The molecule has 1 aliphatic carbocycles. The topological polar surface area (TPSA) is 45.1 Å². The molecule has 0 amide bonds. The molecule has 0 radical (unpaired) electrons. The predicted octanol–water partition coefficient (Wildman–Crippen LogP) is 2.55. The molecule has 1 fully saturated rings. The normalized spacial score (nSPS) is 15.5. The van der Waals surface area contributed by atoms with Gasteiger partial charge in [-0.3, -0.25) is 4.98 Å². The lowest BCUT2D eigenvalue weighted by molar-refractivity contribution is 0.300. The molecule has 20 heavy (non-hydrogen) atoms. The number of hydrogen-bond donors (Lipinski definition) is 2. The molecular weight excluding hydrogens is 255 g/mol. The van der Waals surface area contributed by atoms with Crippen LogP contribution in [-0.4, -0.2) is 22.7 Å². The van der Waals surface area contributed by atoms with E-state index in [9.17, 15) is 4.39 Å². The van der Waals surface area contributed by atoms with Crippen molar-refractivity contribution in [2.45, 2.75) is 38.3 Å². The average Bonchev–Trinajstić information content (AvgIpc) is 2.40. The van der Waals surface area contributed by atoms with E-state index in [1.165, 1.54) is 25.3 Å². The maximum atomic E-state index is 14.3. The number of nitrogens with zero attached hydrogens (tertiary/aromatic N) is 1. The fourth-order valence-electron chi connectivity index (χ4n) is 2.73. The van der Waals surface area contributed by atoms with E-state index in [1.807, 2.05) is 6.07 Å². The second-order valence-corrected chi connectivity index (χ2v) is 5.40. The molecule has 1 heterocycles. The van der Waals surface area contributed by atoms with E-state index in [0.717, 1.165) is 16.3 Å². The summed E-state index contributed by atoms with van der Waals surface area (Å²) < 4.78 is 14.3. The minimum atomic E-state index is -0.195. The standard InChI is InChI=1S/C16H19FN2O/c17-16-8-11(5-7-20)14-9-18-6-4-13(14)15(16)10-19-12-2-1-3-12/h4,6,8-9,12,19-20H,1-3,5,7,10H2. The van der Waals surface area contributed by atoms with Crippen molar-refractivity contribution in [3.63, 3.8) is 0 Å². The van der Waals surface area contributed by atoms with E-state index in [-0.39, 0.29) is 12.4 Å². The number of pyridine rings is 1. The van der Waals surface area contributed by atoms with Crippen LogP contribution in [0.15, 0.2) is 24.5 Å². The third-order valence-corrected chi connectivity index (χ3v) is 4.14. The first-order chi connectivity index (χ1) is 9.79. The summed E-state index contributed by atoms with van der Waals surface area (Å²) in [6.07, 6.45) is 7.53. The highest BCUT2D eigenvalue weighted by atomic mass is 19.1.